The molecule has 1 unspecified atom stereocenters. The number of Topliss-reactive ketones (excluding diaryl/α,β-unsaturated/α-hetero) is 1. The molecule has 1 atom stereocenters. The Bertz CT molecular complexity index is 731. The second kappa shape index (κ2) is 8.28. The molecule has 0 fully saturated rings. The second-order valence-electron chi connectivity index (χ2n) is 7.06. The van der Waals surface area contributed by atoms with Gasteiger partial charge >= 0.3 is 6.09 Å². The van der Waals surface area contributed by atoms with E-state index in [1.807, 2.05) is 0 Å². The van der Waals surface area contributed by atoms with E-state index in [9.17, 15) is 14.4 Å². The number of ether oxygens (including phenoxy) is 3. The number of amides is 2. The topological polar surface area (TPSA) is 94.2 Å². The number of benzene rings is 1. The highest BCUT2D eigenvalue weighted by Gasteiger charge is 2.28. The van der Waals surface area contributed by atoms with Crippen molar-refractivity contribution in [3.8, 4) is 11.5 Å². The van der Waals surface area contributed by atoms with Gasteiger partial charge in [0.2, 0.25) is 12.7 Å². The van der Waals surface area contributed by atoms with Crippen molar-refractivity contribution in [3.05, 3.63) is 23.8 Å². The molecular formula is C19H26N2O6. The first-order valence-corrected chi connectivity index (χ1v) is 8.79. The highest BCUT2D eigenvalue weighted by molar-refractivity contribution is 6.01. The Morgan fingerprint density at radius 1 is 1.26 bits per heavy atom. The Hall–Kier alpha value is -2.77. The highest BCUT2D eigenvalue weighted by atomic mass is 16.7. The lowest BCUT2D eigenvalue weighted by Crippen LogP contribution is -2.49. The van der Waals surface area contributed by atoms with E-state index in [1.165, 1.54) is 11.9 Å². The number of nitrogens with zero attached hydrogens (tertiary/aromatic N) is 1. The Morgan fingerprint density at radius 2 is 1.93 bits per heavy atom. The average Bonchev–Trinajstić information content (AvgIpc) is 3.11. The van der Waals surface area contributed by atoms with Crippen molar-refractivity contribution in [2.75, 3.05) is 20.4 Å². The SMILES string of the molecule is CCC(=O)NC(C)(C)COC(=O)N(C)C(C)C(=O)c1ccc2c(c1)OCO2. The molecule has 1 aromatic carbocycles. The summed E-state index contributed by atoms with van der Waals surface area (Å²) in [4.78, 5) is 37.7. The molecule has 0 aliphatic carbocycles. The molecule has 2 amide bonds. The van der Waals surface area contributed by atoms with Crippen molar-refractivity contribution in [1.82, 2.24) is 10.2 Å². The quantitative estimate of drug-likeness (QED) is 0.732. The molecule has 0 saturated heterocycles. The molecule has 8 nitrogen and oxygen atoms in total. The lowest BCUT2D eigenvalue weighted by Gasteiger charge is -2.28. The maximum Gasteiger partial charge on any atom is 0.410 e. The Kier molecular flexibility index (Phi) is 6.30. The molecule has 148 valence electrons. The summed E-state index contributed by atoms with van der Waals surface area (Å²) >= 11 is 0. The minimum atomic E-state index is -0.730. The molecule has 1 heterocycles. The van der Waals surface area contributed by atoms with Crippen LogP contribution in [0.3, 0.4) is 0 Å². The Morgan fingerprint density at radius 3 is 2.59 bits per heavy atom. The fourth-order valence-electron chi connectivity index (χ4n) is 2.47. The molecule has 0 aromatic heterocycles. The fraction of sp³-hybridized carbons (Fsp3) is 0.526. The van der Waals surface area contributed by atoms with Crippen LogP contribution in [0.5, 0.6) is 11.5 Å². The Labute approximate surface area is 158 Å². The van der Waals surface area contributed by atoms with Crippen molar-refractivity contribution < 1.29 is 28.6 Å². The van der Waals surface area contributed by atoms with Crippen LogP contribution < -0.4 is 14.8 Å². The number of hydrogen-bond donors (Lipinski definition) is 1. The minimum Gasteiger partial charge on any atom is -0.454 e. The third-order valence-corrected chi connectivity index (χ3v) is 4.26. The zero-order valence-electron chi connectivity index (χ0n) is 16.3. The first-order chi connectivity index (χ1) is 12.6. The van der Waals surface area contributed by atoms with Gasteiger partial charge in [0, 0.05) is 19.0 Å². The number of nitrogens with one attached hydrogen (secondary N) is 1. The first-order valence-electron chi connectivity index (χ1n) is 8.79. The van der Waals surface area contributed by atoms with E-state index < -0.39 is 17.7 Å². The molecule has 27 heavy (non-hydrogen) atoms. The van der Waals surface area contributed by atoms with Gasteiger partial charge in [-0.25, -0.2) is 4.79 Å². The van der Waals surface area contributed by atoms with Gasteiger partial charge in [-0.15, -0.1) is 0 Å². The predicted molar refractivity (Wildman–Crippen MR) is 98.0 cm³/mol. The molecule has 2 rings (SSSR count). The molecule has 0 bridgehead atoms. The van der Waals surface area contributed by atoms with Gasteiger partial charge in [-0.05, 0) is 39.0 Å². The van der Waals surface area contributed by atoms with Crippen molar-refractivity contribution in [3.63, 3.8) is 0 Å². The standard InChI is InChI=1S/C19H26N2O6/c1-6-16(22)20-19(3,4)10-25-18(24)21(5)12(2)17(23)13-7-8-14-15(9-13)27-11-26-14/h7-9,12H,6,10-11H2,1-5H3,(H,20,22). The van der Waals surface area contributed by atoms with Crippen molar-refractivity contribution in [2.45, 2.75) is 45.7 Å². The van der Waals surface area contributed by atoms with Crippen LogP contribution in [-0.4, -0.2) is 54.7 Å². The molecule has 0 radical (unpaired) electrons. The number of hydrogen-bond acceptors (Lipinski definition) is 6. The average molecular weight is 378 g/mol. The summed E-state index contributed by atoms with van der Waals surface area (Å²) in [5.74, 6) is 0.720. The van der Waals surface area contributed by atoms with Crippen LogP contribution in [0.2, 0.25) is 0 Å². The van der Waals surface area contributed by atoms with Crippen LogP contribution in [0.1, 0.15) is 44.5 Å². The van der Waals surface area contributed by atoms with Crippen molar-refractivity contribution in [2.24, 2.45) is 0 Å². The summed E-state index contributed by atoms with van der Waals surface area (Å²) in [5.41, 5.74) is -0.282. The van der Waals surface area contributed by atoms with Gasteiger partial charge in [0.25, 0.3) is 0 Å². The van der Waals surface area contributed by atoms with Gasteiger partial charge in [0.15, 0.2) is 17.3 Å². The monoisotopic (exact) mass is 378 g/mol. The first kappa shape index (κ1) is 20.5. The van der Waals surface area contributed by atoms with Gasteiger partial charge in [0.05, 0.1) is 11.6 Å². The maximum atomic E-state index is 12.7. The molecule has 0 spiro atoms. The number of carbonyl (C=O) groups is 3. The van der Waals surface area contributed by atoms with Crippen LogP contribution in [0, 0.1) is 0 Å². The van der Waals surface area contributed by atoms with Crippen LogP contribution in [0.4, 0.5) is 4.79 Å². The molecule has 1 N–H and O–H groups in total. The van der Waals surface area contributed by atoms with E-state index in [4.69, 9.17) is 14.2 Å². The van der Waals surface area contributed by atoms with Crippen molar-refractivity contribution >= 4 is 17.8 Å². The molecule has 1 aromatic rings. The van der Waals surface area contributed by atoms with E-state index in [1.54, 1.807) is 45.9 Å². The molecular weight excluding hydrogens is 352 g/mol. The van der Waals surface area contributed by atoms with Crippen LogP contribution in [0.25, 0.3) is 0 Å². The van der Waals surface area contributed by atoms with E-state index in [-0.39, 0.29) is 25.1 Å². The van der Waals surface area contributed by atoms with E-state index in [2.05, 4.69) is 5.32 Å². The molecule has 1 aliphatic rings. The van der Waals surface area contributed by atoms with Crippen LogP contribution >= 0.6 is 0 Å². The van der Waals surface area contributed by atoms with E-state index in [0.29, 0.717) is 23.5 Å². The van der Waals surface area contributed by atoms with Crippen molar-refractivity contribution in [1.29, 1.82) is 0 Å². The highest BCUT2D eigenvalue weighted by Crippen LogP contribution is 2.33. The van der Waals surface area contributed by atoms with Gasteiger partial charge in [0.1, 0.15) is 6.61 Å². The smallest absolute Gasteiger partial charge is 0.410 e. The number of likely N-dealkylation sites (N-methyl/N-ethyl adjacent to an activating group) is 1. The minimum absolute atomic E-state index is 0.00710. The number of ketones is 1. The predicted octanol–water partition coefficient (Wildman–Crippen LogP) is 2.36. The number of rotatable bonds is 7. The van der Waals surface area contributed by atoms with Gasteiger partial charge in [-0.3, -0.25) is 9.59 Å². The number of carbonyl (C=O) groups excluding carboxylic acids is 3. The zero-order chi connectivity index (χ0) is 20.2. The normalized spacial score (nSPS) is 13.7. The summed E-state index contributed by atoms with van der Waals surface area (Å²) in [5, 5.41) is 2.77. The van der Waals surface area contributed by atoms with Crippen LogP contribution in [-0.2, 0) is 9.53 Å². The van der Waals surface area contributed by atoms with Gasteiger partial charge in [-0.2, -0.15) is 0 Å². The fourth-order valence-corrected chi connectivity index (χ4v) is 2.47. The van der Waals surface area contributed by atoms with E-state index in [0.717, 1.165) is 0 Å². The molecule has 8 heteroatoms. The second-order valence-corrected chi connectivity index (χ2v) is 7.06. The van der Waals surface area contributed by atoms with Gasteiger partial charge in [-0.1, -0.05) is 6.92 Å². The number of fused-ring (bicyclic) bond motifs is 1. The molecule has 1 aliphatic heterocycles. The summed E-state index contributed by atoms with van der Waals surface area (Å²) in [6, 6.07) is 4.17. The third kappa shape index (κ3) is 5.12. The summed E-state index contributed by atoms with van der Waals surface area (Å²) in [6.07, 6.45) is -0.298. The lowest BCUT2D eigenvalue weighted by molar-refractivity contribution is -0.122. The zero-order valence-corrected chi connectivity index (χ0v) is 16.3. The summed E-state index contributed by atoms with van der Waals surface area (Å²) in [6.45, 7) is 7.00. The third-order valence-electron chi connectivity index (χ3n) is 4.26. The summed E-state index contributed by atoms with van der Waals surface area (Å²) in [7, 11) is 1.50. The molecule has 0 saturated carbocycles. The van der Waals surface area contributed by atoms with Gasteiger partial charge < -0.3 is 24.4 Å². The summed E-state index contributed by atoms with van der Waals surface area (Å²) < 4.78 is 15.8. The van der Waals surface area contributed by atoms with Crippen LogP contribution in [0.15, 0.2) is 18.2 Å². The lowest BCUT2D eigenvalue weighted by atomic mass is 10.0. The maximum absolute atomic E-state index is 12.7. The largest absolute Gasteiger partial charge is 0.454 e. The van der Waals surface area contributed by atoms with E-state index >= 15 is 0 Å². The Balaban J connectivity index is 1.95.